The summed E-state index contributed by atoms with van der Waals surface area (Å²) in [5.74, 6) is -0.610. The number of carbonyl (C=O) groups excluding carboxylic acids is 3. The first-order valence-corrected chi connectivity index (χ1v) is 13.6. The van der Waals surface area contributed by atoms with Gasteiger partial charge in [-0.2, -0.15) is 0 Å². The van der Waals surface area contributed by atoms with Gasteiger partial charge in [0.2, 0.25) is 5.91 Å². The molecule has 3 aromatic rings. The SMILES string of the molecule is Cc1ccc(-n2c(C)cc(/C=C3/SC(=O)N(CC(=O)N4CCN(c5ccccc5)CC4)C3=O)c2C)cc1C. The summed E-state index contributed by atoms with van der Waals surface area (Å²) in [6, 6.07) is 18.5. The Morgan fingerprint density at radius 1 is 0.868 bits per heavy atom. The summed E-state index contributed by atoms with van der Waals surface area (Å²) in [5.41, 5.74) is 7.56. The van der Waals surface area contributed by atoms with Crippen LogP contribution in [0.25, 0.3) is 11.8 Å². The van der Waals surface area contributed by atoms with Gasteiger partial charge in [-0.05, 0) is 92.6 Å². The van der Waals surface area contributed by atoms with Crippen LogP contribution in [0.5, 0.6) is 0 Å². The maximum Gasteiger partial charge on any atom is 0.294 e. The van der Waals surface area contributed by atoms with E-state index in [1.807, 2.05) is 38.1 Å². The van der Waals surface area contributed by atoms with Gasteiger partial charge in [0.1, 0.15) is 6.54 Å². The monoisotopic (exact) mass is 528 g/mol. The molecule has 0 unspecified atom stereocenters. The van der Waals surface area contributed by atoms with Crippen molar-refractivity contribution in [3.05, 3.63) is 87.6 Å². The van der Waals surface area contributed by atoms with E-state index in [-0.39, 0.29) is 12.5 Å². The highest BCUT2D eigenvalue weighted by molar-refractivity contribution is 8.18. The summed E-state index contributed by atoms with van der Waals surface area (Å²) in [7, 11) is 0. The van der Waals surface area contributed by atoms with E-state index in [9.17, 15) is 14.4 Å². The second-order valence-electron chi connectivity index (χ2n) is 9.90. The Bertz CT molecular complexity index is 1440. The van der Waals surface area contributed by atoms with Gasteiger partial charge in [-0.3, -0.25) is 19.3 Å². The van der Waals surface area contributed by atoms with E-state index >= 15 is 0 Å². The van der Waals surface area contributed by atoms with E-state index in [4.69, 9.17) is 0 Å². The summed E-state index contributed by atoms with van der Waals surface area (Å²) < 4.78 is 2.15. The number of piperazine rings is 1. The Morgan fingerprint density at radius 3 is 2.26 bits per heavy atom. The van der Waals surface area contributed by atoms with Crippen molar-refractivity contribution in [1.82, 2.24) is 14.4 Å². The minimum Gasteiger partial charge on any atom is -0.368 e. The average Bonchev–Trinajstić information content (AvgIpc) is 3.34. The maximum absolute atomic E-state index is 13.2. The average molecular weight is 529 g/mol. The first-order chi connectivity index (χ1) is 18.2. The topological polar surface area (TPSA) is 65.9 Å². The van der Waals surface area contributed by atoms with Crippen LogP contribution in [0, 0.1) is 27.7 Å². The van der Waals surface area contributed by atoms with Crippen LogP contribution in [0.3, 0.4) is 0 Å². The van der Waals surface area contributed by atoms with Gasteiger partial charge in [0, 0.05) is 48.9 Å². The number of para-hydroxylation sites is 1. The van der Waals surface area contributed by atoms with E-state index < -0.39 is 11.1 Å². The van der Waals surface area contributed by atoms with Crippen molar-refractivity contribution in [3.63, 3.8) is 0 Å². The minimum atomic E-state index is -0.410. The van der Waals surface area contributed by atoms with Crippen molar-refractivity contribution >= 4 is 40.6 Å². The van der Waals surface area contributed by atoms with Crippen molar-refractivity contribution in [3.8, 4) is 5.69 Å². The van der Waals surface area contributed by atoms with Gasteiger partial charge < -0.3 is 14.4 Å². The zero-order valence-corrected chi connectivity index (χ0v) is 23.0. The molecule has 0 spiro atoms. The molecule has 2 aliphatic rings. The van der Waals surface area contributed by atoms with Gasteiger partial charge in [-0.1, -0.05) is 24.3 Å². The first-order valence-electron chi connectivity index (χ1n) is 12.8. The molecule has 0 N–H and O–H groups in total. The summed E-state index contributed by atoms with van der Waals surface area (Å²) >= 11 is 0.897. The number of anilines is 1. The van der Waals surface area contributed by atoms with Gasteiger partial charge >= 0.3 is 0 Å². The summed E-state index contributed by atoms with van der Waals surface area (Å²) in [4.78, 5) is 44.3. The second kappa shape index (κ2) is 10.5. The molecule has 7 nitrogen and oxygen atoms in total. The molecule has 1 aromatic heterocycles. The lowest BCUT2D eigenvalue weighted by Crippen LogP contribution is -2.51. The van der Waals surface area contributed by atoms with Crippen molar-refractivity contribution in [2.24, 2.45) is 0 Å². The van der Waals surface area contributed by atoms with Crippen LogP contribution in [0.1, 0.15) is 28.1 Å². The van der Waals surface area contributed by atoms with E-state index in [0.29, 0.717) is 31.1 Å². The fraction of sp³-hybridized carbons (Fsp3) is 0.300. The van der Waals surface area contributed by atoms with E-state index in [1.165, 1.54) is 11.1 Å². The number of aryl methyl sites for hydroxylation is 3. The lowest BCUT2D eigenvalue weighted by atomic mass is 10.1. The summed E-state index contributed by atoms with van der Waals surface area (Å²) in [6.07, 6.45) is 1.77. The number of hydrogen-bond donors (Lipinski definition) is 0. The molecule has 0 atom stereocenters. The number of aromatic nitrogens is 1. The van der Waals surface area contributed by atoms with Crippen molar-refractivity contribution in [2.75, 3.05) is 37.6 Å². The predicted molar refractivity (Wildman–Crippen MR) is 153 cm³/mol. The smallest absolute Gasteiger partial charge is 0.294 e. The fourth-order valence-corrected chi connectivity index (χ4v) is 5.89. The Labute approximate surface area is 227 Å². The number of nitrogens with zero attached hydrogens (tertiary/aromatic N) is 4. The van der Waals surface area contributed by atoms with Gasteiger partial charge in [0.05, 0.1) is 4.91 Å². The molecule has 2 aliphatic heterocycles. The number of amides is 3. The van der Waals surface area contributed by atoms with Crippen LogP contribution in [0.2, 0.25) is 0 Å². The van der Waals surface area contributed by atoms with Crippen molar-refractivity contribution in [2.45, 2.75) is 27.7 Å². The number of rotatable bonds is 5. The molecule has 196 valence electrons. The number of thioether (sulfide) groups is 1. The molecule has 5 rings (SSSR count). The van der Waals surface area contributed by atoms with Crippen LogP contribution in [-0.4, -0.2) is 64.1 Å². The van der Waals surface area contributed by atoms with E-state index in [2.05, 4.69) is 53.6 Å². The van der Waals surface area contributed by atoms with Gasteiger partial charge in [0.15, 0.2) is 0 Å². The summed E-state index contributed by atoms with van der Waals surface area (Å²) in [6.45, 7) is 10.5. The molecular formula is C30H32N4O3S. The molecule has 38 heavy (non-hydrogen) atoms. The molecule has 8 heteroatoms. The summed E-state index contributed by atoms with van der Waals surface area (Å²) in [5, 5.41) is -0.402. The molecule has 2 aromatic carbocycles. The lowest BCUT2D eigenvalue weighted by molar-refractivity contribution is -0.136. The molecule has 3 amide bonds. The highest BCUT2D eigenvalue weighted by Crippen LogP contribution is 2.34. The molecule has 3 heterocycles. The zero-order chi connectivity index (χ0) is 27.0. The van der Waals surface area contributed by atoms with Gasteiger partial charge in [0.25, 0.3) is 11.1 Å². The van der Waals surface area contributed by atoms with Crippen LogP contribution in [0.4, 0.5) is 10.5 Å². The first kappa shape index (κ1) is 25.9. The molecular weight excluding hydrogens is 496 g/mol. The van der Waals surface area contributed by atoms with Crippen LogP contribution >= 0.6 is 11.8 Å². The quantitative estimate of drug-likeness (QED) is 0.432. The molecule has 0 aliphatic carbocycles. The molecule has 0 saturated carbocycles. The van der Waals surface area contributed by atoms with E-state index in [0.717, 1.165) is 45.0 Å². The fourth-order valence-electron chi connectivity index (χ4n) is 5.06. The Kier molecular flexibility index (Phi) is 7.17. The minimum absolute atomic E-state index is 0.200. The molecule has 0 radical (unpaired) electrons. The van der Waals surface area contributed by atoms with Gasteiger partial charge in [-0.25, -0.2) is 0 Å². The number of benzene rings is 2. The molecule has 2 fully saturated rings. The highest BCUT2D eigenvalue weighted by atomic mass is 32.2. The number of imide groups is 1. The van der Waals surface area contributed by atoms with Gasteiger partial charge in [-0.15, -0.1) is 0 Å². The Balaban J connectivity index is 1.27. The lowest BCUT2D eigenvalue weighted by Gasteiger charge is -2.36. The standard InChI is InChI=1S/C30H32N4O3S/c1-20-10-11-26(16-21(20)2)34-22(3)17-24(23(34)4)18-27-29(36)33(30(37)38-27)19-28(35)32-14-12-31(13-15-32)25-8-6-5-7-9-25/h5-11,16-18H,12-15,19H2,1-4H3/b27-18+. The van der Waals surface area contributed by atoms with Crippen molar-refractivity contribution < 1.29 is 14.4 Å². The predicted octanol–water partition coefficient (Wildman–Crippen LogP) is 5.10. The Hall–Kier alpha value is -3.78. The molecule has 2 saturated heterocycles. The third kappa shape index (κ3) is 5.00. The normalized spacial score (nSPS) is 17.2. The van der Waals surface area contributed by atoms with Crippen LogP contribution in [-0.2, 0) is 9.59 Å². The molecule has 0 bridgehead atoms. The largest absolute Gasteiger partial charge is 0.368 e. The third-order valence-corrected chi connectivity index (χ3v) is 8.33. The maximum atomic E-state index is 13.2. The van der Waals surface area contributed by atoms with E-state index in [1.54, 1.807) is 11.0 Å². The Morgan fingerprint density at radius 2 is 1.58 bits per heavy atom. The second-order valence-corrected chi connectivity index (χ2v) is 10.9. The number of hydrogen-bond acceptors (Lipinski definition) is 5. The van der Waals surface area contributed by atoms with Crippen molar-refractivity contribution in [1.29, 1.82) is 0 Å². The highest BCUT2D eigenvalue weighted by Gasteiger charge is 2.37. The van der Waals surface area contributed by atoms with Crippen LogP contribution < -0.4 is 4.90 Å². The zero-order valence-electron chi connectivity index (χ0n) is 22.2. The third-order valence-electron chi connectivity index (χ3n) is 7.43. The van der Waals surface area contributed by atoms with Crippen LogP contribution in [0.15, 0.2) is 59.5 Å². The number of carbonyl (C=O) groups is 3.